The highest BCUT2D eigenvalue weighted by molar-refractivity contribution is 4.98. The quantitative estimate of drug-likeness (QED) is 0.440. The molecule has 0 aromatic rings. The first kappa shape index (κ1) is 11.4. The van der Waals surface area contributed by atoms with E-state index in [0.717, 1.165) is 19.3 Å². The number of hydrogen-bond acceptors (Lipinski definition) is 5. The molecule has 15 heavy (non-hydrogen) atoms. The smallest absolute Gasteiger partial charge is 0.501 e. The summed E-state index contributed by atoms with van der Waals surface area (Å²) in [4.78, 5) is 18.5. The monoisotopic (exact) mass is 216 g/mol. The third-order valence-electron chi connectivity index (χ3n) is 2.57. The van der Waals surface area contributed by atoms with Gasteiger partial charge in [-0.3, -0.25) is 20.2 Å². The number of rotatable bonds is 3. The van der Waals surface area contributed by atoms with E-state index in [1.54, 1.807) is 0 Å². The van der Waals surface area contributed by atoms with Gasteiger partial charge in [0.1, 0.15) is 9.85 Å². The molecule has 1 fully saturated rings. The van der Waals surface area contributed by atoms with Gasteiger partial charge in [-0.15, -0.1) is 0 Å². The molecule has 1 aliphatic carbocycles. The van der Waals surface area contributed by atoms with Crippen molar-refractivity contribution in [2.75, 3.05) is 0 Å². The zero-order valence-electron chi connectivity index (χ0n) is 8.09. The van der Waals surface area contributed by atoms with Crippen LogP contribution in [0.1, 0.15) is 32.1 Å². The molecule has 0 aliphatic heterocycles. The molecule has 1 saturated carbocycles. The molecule has 0 radical (unpaired) electrons. The Morgan fingerprint density at radius 3 is 1.93 bits per heavy atom. The second kappa shape index (κ2) is 4.72. The zero-order chi connectivity index (χ0) is 11.4. The van der Waals surface area contributed by atoms with E-state index >= 15 is 0 Å². The molecule has 0 saturated heterocycles. The second-order valence-corrected chi connectivity index (χ2v) is 3.56. The lowest BCUT2D eigenvalue weighted by molar-refractivity contribution is -0.619. The number of nitrogens with zero attached hydrogens (tertiary/aromatic N) is 2. The van der Waals surface area contributed by atoms with Gasteiger partial charge in [0, 0.05) is 5.92 Å². The Bertz CT molecular complexity index is 290. The first-order valence-electron chi connectivity index (χ1n) is 4.76. The summed E-state index contributed by atoms with van der Waals surface area (Å²) >= 11 is 0. The molecular weight excluding hydrogens is 204 g/mol. The molecule has 7 heteroatoms. The highest BCUT2D eigenvalue weighted by Crippen LogP contribution is 2.30. The van der Waals surface area contributed by atoms with Crippen LogP contribution in [0.15, 0.2) is 11.6 Å². The molecule has 1 N–H and O–H groups in total. The second-order valence-electron chi connectivity index (χ2n) is 3.56. The third kappa shape index (κ3) is 2.64. The van der Waals surface area contributed by atoms with Gasteiger partial charge in [0.25, 0.3) is 5.76 Å². The standard InChI is InChI=1S/C8H12N2O5/c11-7(6-4-2-1-3-5-6)8(9(12)13)10(14)15/h6,11H,1-5H2. The molecular formula is C8H12N2O5. The van der Waals surface area contributed by atoms with Crippen molar-refractivity contribution in [1.29, 1.82) is 0 Å². The summed E-state index contributed by atoms with van der Waals surface area (Å²) in [6.45, 7) is 0. The lowest BCUT2D eigenvalue weighted by Crippen LogP contribution is -2.19. The molecule has 0 bridgehead atoms. The van der Waals surface area contributed by atoms with Crippen LogP contribution in [0, 0.1) is 26.1 Å². The first-order valence-corrected chi connectivity index (χ1v) is 4.76. The fourth-order valence-corrected chi connectivity index (χ4v) is 1.81. The van der Waals surface area contributed by atoms with Crippen LogP contribution in [0.3, 0.4) is 0 Å². The highest BCUT2D eigenvalue weighted by Gasteiger charge is 2.36. The van der Waals surface area contributed by atoms with Gasteiger partial charge in [0.05, 0.1) is 0 Å². The maximum Gasteiger partial charge on any atom is 0.596 e. The Labute approximate surface area is 85.7 Å². The third-order valence-corrected chi connectivity index (χ3v) is 2.57. The topological polar surface area (TPSA) is 107 Å². The molecule has 0 atom stereocenters. The van der Waals surface area contributed by atoms with E-state index in [4.69, 9.17) is 0 Å². The van der Waals surface area contributed by atoms with Crippen molar-refractivity contribution < 1.29 is 15.0 Å². The van der Waals surface area contributed by atoms with Crippen molar-refractivity contribution in [2.24, 2.45) is 5.92 Å². The Hall–Kier alpha value is -1.66. The van der Waals surface area contributed by atoms with Gasteiger partial charge in [-0.1, -0.05) is 19.3 Å². The molecule has 0 aromatic heterocycles. The molecule has 0 aromatic carbocycles. The van der Waals surface area contributed by atoms with Crippen LogP contribution in [0.4, 0.5) is 0 Å². The highest BCUT2D eigenvalue weighted by atomic mass is 16.7. The van der Waals surface area contributed by atoms with Crippen LogP contribution in [0.2, 0.25) is 0 Å². The van der Waals surface area contributed by atoms with Crippen LogP contribution < -0.4 is 0 Å². The van der Waals surface area contributed by atoms with Crippen molar-refractivity contribution in [2.45, 2.75) is 32.1 Å². The van der Waals surface area contributed by atoms with Crippen molar-refractivity contribution in [3.05, 3.63) is 31.8 Å². The predicted molar refractivity (Wildman–Crippen MR) is 50.2 cm³/mol. The molecule has 7 nitrogen and oxygen atoms in total. The SMILES string of the molecule is O=[N+]([O-])C(=C(O)C1CCCCC1)[N+](=O)[O-]. The molecule has 1 rings (SSSR count). The molecule has 0 spiro atoms. The van der Waals surface area contributed by atoms with Crippen molar-refractivity contribution in [3.8, 4) is 0 Å². The van der Waals surface area contributed by atoms with E-state index in [2.05, 4.69) is 0 Å². The average molecular weight is 216 g/mol. The number of allylic oxidation sites excluding steroid dienone is 1. The summed E-state index contributed by atoms with van der Waals surface area (Å²) in [5.74, 6) is -2.38. The van der Waals surface area contributed by atoms with E-state index < -0.39 is 27.3 Å². The summed E-state index contributed by atoms with van der Waals surface area (Å²) in [5, 5.41) is 30.2. The lowest BCUT2D eigenvalue weighted by atomic mass is 9.88. The fourth-order valence-electron chi connectivity index (χ4n) is 1.81. The largest absolute Gasteiger partial charge is 0.596 e. The lowest BCUT2D eigenvalue weighted by Gasteiger charge is -2.18. The maximum absolute atomic E-state index is 10.4. The number of nitro groups is 2. The van der Waals surface area contributed by atoms with E-state index in [9.17, 15) is 25.3 Å². The number of aliphatic hydroxyl groups excluding tert-OH is 1. The molecule has 84 valence electrons. The summed E-state index contributed by atoms with van der Waals surface area (Å²) in [6.07, 6.45) is 3.86. The summed E-state index contributed by atoms with van der Waals surface area (Å²) < 4.78 is 0. The van der Waals surface area contributed by atoms with Gasteiger partial charge < -0.3 is 5.11 Å². The van der Waals surface area contributed by atoms with Crippen LogP contribution in [-0.4, -0.2) is 15.0 Å². The van der Waals surface area contributed by atoms with Gasteiger partial charge in [-0.05, 0) is 12.8 Å². The Balaban J connectivity index is 2.92. The fraction of sp³-hybridized carbons (Fsp3) is 0.750. The molecule has 0 heterocycles. The predicted octanol–water partition coefficient (Wildman–Crippen LogP) is 1.85. The van der Waals surface area contributed by atoms with Crippen molar-refractivity contribution in [1.82, 2.24) is 0 Å². The minimum Gasteiger partial charge on any atom is -0.501 e. The average Bonchev–Trinajstić information content (AvgIpc) is 2.18. The van der Waals surface area contributed by atoms with Gasteiger partial charge in [-0.2, -0.15) is 0 Å². The van der Waals surface area contributed by atoms with E-state index in [1.807, 2.05) is 0 Å². The normalized spacial score (nSPS) is 17.1. The van der Waals surface area contributed by atoms with Crippen molar-refractivity contribution in [3.63, 3.8) is 0 Å². The van der Waals surface area contributed by atoms with Gasteiger partial charge in [-0.25, -0.2) is 0 Å². The van der Waals surface area contributed by atoms with Crippen LogP contribution in [0.25, 0.3) is 0 Å². The van der Waals surface area contributed by atoms with Gasteiger partial charge in [0.15, 0.2) is 0 Å². The Morgan fingerprint density at radius 1 is 1.07 bits per heavy atom. The van der Waals surface area contributed by atoms with Gasteiger partial charge >= 0.3 is 5.82 Å². The summed E-state index contributed by atoms with van der Waals surface area (Å²) in [7, 11) is 0. The molecule has 1 aliphatic rings. The Kier molecular flexibility index (Phi) is 3.59. The minimum absolute atomic E-state index is 0.426. The van der Waals surface area contributed by atoms with Crippen LogP contribution in [0.5, 0.6) is 0 Å². The summed E-state index contributed by atoms with van der Waals surface area (Å²) in [6, 6.07) is 0. The van der Waals surface area contributed by atoms with E-state index in [0.29, 0.717) is 12.8 Å². The Morgan fingerprint density at radius 2 is 1.53 bits per heavy atom. The number of hydrogen-bond donors (Lipinski definition) is 1. The van der Waals surface area contributed by atoms with E-state index in [1.165, 1.54) is 0 Å². The summed E-state index contributed by atoms with van der Waals surface area (Å²) in [5.41, 5.74) is 0. The van der Waals surface area contributed by atoms with Crippen LogP contribution in [-0.2, 0) is 0 Å². The van der Waals surface area contributed by atoms with Gasteiger partial charge in [0.2, 0.25) is 0 Å². The first-order chi connectivity index (χ1) is 7.04. The zero-order valence-corrected chi connectivity index (χ0v) is 8.09. The van der Waals surface area contributed by atoms with Crippen molar-refractivity contribution >= 4 is 0 Å². The maximum atomic E-state index is 10.4. The number of aliphatic hydroxyl groups is 1. The molecule has 0 amide bonds. The van der Waals surface area contributed by atoms with Crippen LogP contribution >= 0.6 is 0 Å². The van der Waals surface area contributed by atoms with E-state index in [-0.39, 0.29) is 0 Å². The minimum atomic E-state index is -1.28. The molecule has 0 unspecified atom stereocenters.